The number of nitrogens with zero attached hydrogens (tertiary/aromatic N) is 1. The van der Waals surface area contributed by atoms with Gasteiger partial charge in [-0.2, -0.15) is 0 Å². The molecule has 1 fully saturated rings. The number of rotatable bonds is 6. The largest absolute Gasteiger partial charge is 0.392 e. The van der Waals surface area contributed by atoms with Gasteiger partial charge in [-0.05, 0) is 32.7 Å². The highest BCUT2D eigenvalue weighted by atomic mass is 16.3. The number of amides is 1. The molecule has 1 amide bonds. The number of likely N-dealkylation sites (N-methyl/N-ethyl adjacent to an activating group) is 1. The van der Waals surface area contributed by atoms with Crippen molar-refractivity contribution in [2.45, 2.75) is 25.9 Å². The van der Waals surface area contributed by atoms with Crippen LogP contribution in [0, 0.1) is 5.92 Å². The molecule has 4 nitrogen and oxygen atoms in total. The summed E-state index contributed by atoms with van der Waals surface area (Å²) in [6.45, 7) is 3.45. The number of carbonyl (C=O) groups is 1. The quantitative estimate of drug-likeness (QED) is 0.625. The summed E-state index contributed by atoms with van der Waals surface area (Å²) in [7, 11) is 1.84. The molecule has 82 valence electrons. The molecule has 0 saturated heterocycles. The highest BCUT2D eigenvalue weighted by Gasteiger charge is 2.21. The van der Waals surface area contributed by atoms with Crippen molar-refractivity contribution in [3.05, 3.63) is 0 Å². The number of hydrogen-bond donors (Lipinski definition) is 2. The lowest BCUT2D eigenvalue weighted by molar-refractivity contribution is -0.122. The SMILES string of the molecule is CC(O)CN(C)CC(=O)NCC1CC1. The van der Waals surface area contributed by atoms with Crippen LogP contribution in [0.1, 0.15) is 19.8 Å². The van der Waals surface area contributed by atoms with Crippen molar-refractivity contribution in [1.29, 1.82) is 0 Å². The molecule has 0 aromatic rings. The van der Waals surface area contributed by atoms with Gasteiger partial charge in [-0.25, -0.2) is 0 Å². The summed E-state index contributed by atoms with van der Waals surface area (Å²) < 4.78 is 0. The molecule has 0 heterocycles. The van der Waals surface area contributed by atoms with Crippen LogP contribution < -0.4 is 5.32 Å². The second-order valence-electron chi connectivity index (χ2n) is 4.29. The van der Waals surface area contributed by atoms with Gasteiger partial charge in [-0.15, -0.1) is 0 Å². The number of nitrogens with one attached hydrogen (secondary N) is 1. The van der Waals surface area contributed by atoms with Crippen molar-refractivity contribution in [2.24, 2.45) is 5.92 Å². The zero-order valence-corrected chi connectivity index (χ0v) is 8.99. The van der Waals surface area contributed by atoms with Crippen molar-refractivity contribution >= 4 is 5.91 Å². The van der Waals surface area contributed by atoms with Gasteiger partial charge in [0.05, 0.1) is 12.6 Å². The minimum absolute atomic E-state index is 0.0556. The third-order valence-electron chi connectivity index (χ3n) is 2.27. The van der Waals surface area contributed by atoms with Crippen LogP contribution in [-0.4, -0.2) is 48.7 Å². The van der Waals surface area contributed by atoms with Crippen LogP contribution in [0.25, 0.3) is 0 Å². The Hall–Kier alpha value is -0.610. The average molecular weight is 200 g/mol. The Morgan fingerprint density at radius 1 is 1.64 bits per heavy atom. The monoisotopic (exact) mass is 200 g/mol. The average Bonchev–Trinajstić information content (AvgIpc) is 2.81. The van der Waals surface area contributed by atoms with E-state index < -0.39 is 0 Å². The lowest BCUT2D eigenvalue weighted by atomic mass is 10.3. The zero-order chi connectivity index (χ0) is 10.6. The smallest absolute Gasteiger partial charge is 0.234 e. The fourth-order valence-electron chi connectivity index (χ4n) is 1.40. The third-order valence-corrected chi connectivity index (χ3v) is 2.27. The minimum Gasteiger partial charge on any atom is -0.392 e. The summed E-state index contributed by atoms with van der Waals surface area (Å²) in [4.78, 5) is 13.2. The molecule has 0 aromatic carbocycles. The van der Waals surface area contributed by atoms with Crippen LogP contribution in [-0.2, 0) is 4.79 Å². The van der Waals surface area contributed by atoms with Crippen LogP contribution in [0.2, 0.25) is 0 Å². The van der Waals surface area contributed by atoms with Crippen LogP contribution >= 0.6 is 0 Å². The van der Waals surface area contributed by atoms with Crippen molar-refractivity contribution in [2.75, 3.05) is 26.7 Å². The van der Waals surface area contributed by atoms with E-state index in [1.54, 1.807) is 6.92 Å². The molecular weight excluding hydrogens is 180 g/mol. The molecule has 0 bridgehead atoms. The molecule has 1 aliphatic carbocycles. The van der Waals surface area contributed by atoms with Crippen molar-refractivity contribution in [3.63, 3.8) is 0 Å². The standard InChI is InChI=1S/C10H20N2O2/c1-8(13)6-12(2)7-10(14)11-5-9-3-4-9/h8-9,13H,3-7H2,1-2H3,(H,11,14). The van der Waals surface area contributed by atoms with Gasteiger partial charge in [0.2, 0.25) is 5.91 Å². The summed E-state index contributed by atoms with van der Waals surface area (Å²) in [5.74, 6) is 0.779. The molecule has 14 heavy (non-hydrogen) atoms. The maximum Gasteiger partial charge on any atom is 0.234 e. The van der Waals surface area contributed by atoms with Crippen LogP contribution in [0.5, 0.6) is 0 Å². The lowest BCUT2D eigenvalue weighted by Crippen LogP contribution is -2.38. The fourth-order valence-corrected chi connectivity index (χ4v) is 1.40. The predicted molar refractivity (Wildman–Crippen MR) is 54.9 cm³/mol. The van der Waals surface area contributed by atoms with Gasteiger partial charge in [0, 0.05) is 13.1 Å². The number of aliphatic hydroxyl groups is 1. The Balaban J connectivity index is 2.05. The number of aliphatic hydroxyl groups excluding tert-OH is 1. The molecule has 4 heteroatoms. The Morgan fingerprint density at radius 3 is 2.79 bits per heavy atom. The first-order valence-corrected chi connectivity index (χ1v) is 5.21. The van der Waals surface area contributed by atoms with Gasteiger partial charge in [-0.1, -0.05) is 0 Å². The topological polar surface area (TPSA) is 52.6 Å². The van der Waals surface area contributed by atoms with E-state index in [4.69, 9.17) is 5.11 Å². The highest BCUT2D eigenvalue weighted by Crippen LogP contribution is 2.27. The summed E-state index contributed by atoms with van der Waals surface area (Å²) >= 11 is 0. The zero-order valence-electron chi connectivity index (χ0n) is 8.99. The van der Waals surface area contributed by atoms with Crippen molar-refractivity contribution in [3.8, 4) is 0 Å². The highest BCUT2D eigenvalue weighted by molar-refractivity contribution is 5.77. The minimum atomic E-state index is -0.378. The van der Waals surface area contributed by atoms with Gasteiger partial charge in [0.25, 0.3) is 0 Å². The first-order valence-electron chi connectivity index (χ1n) is 5.21. The lowest BCUT2D eigenvalue weighted by Gasteiger charge is -2.17. The molecule has 1 saturated carbocycles. The van der Waals surface area contributed by atoms with E-state index in [0.717, 1.165) is 12.5 Å². The van der Waals surface area contributed by atoms with E-state index in [0.29, 0.717) is 13.1 Å². The first-order chi connectivity index (χ1) is 6.58. The summed E-state index contributed by atoms with van der Waals surface area (Å²) in [5.41, 5.74) is 0. The summed E-state index contributed by atoms with van der Waals surface area (Å²) in [6.07, 6.45) is 2.13. The molecule has 1 aliphatic rings. The van der Waals surface area contributed by atoms with E-state index in [9.17, 15) is 4.79 Å². The molecule has 1 atom stereocenters. The molecule has 1 unspecified atom stereocenters. The van der Waals surface area contributed by atoms with E-state index in [1.165, 1.54) is 12.8 Å². The van der Waals surface area contributed by atoms with Gasteiger partial charge >= 0.3 is 0 Å². The van der Waals surface area contributed by atoms with E-state index in [2.05, 4.69) is 5.32 Å². The van der Waals surface area contributed by atoms with Crippen molar-refractivity contribution in [1.82, 2.24) is 10.2 Å². The van der Waals surface area contributed by atoms with Gasteiger partial charge in [0.15, 0.2) is 0 Å². The van der Waals surface area contributed by atoms with Gasteiger partial charge in [0.1, 0.15) is 0 Å². The molecule has 0 radical (unpaired) electrons. The maximum atomic E-state index is 11.3. The molecule has 0 spiro atoms. The Bertz CT molecular complexity index is 191. The van der Waals surface area contributed by atoms with E-state index in [1.807, 2.05) is 11.9 Å². The molecule has 1 rings (SSSR count). The van der Waals surface area contributed by atoms with Crippen molar-refractivity contribution < 1.29 is 9.90 Å². The second-order valence-corrected chi connectivity index (χ2v) is 4.29. The second kappa shape index (κ2) is 5.32. The fraction of sp³-hybridized carbons (Fsp3) is 0.900. The summed E-state index contributed by atoms with van der Waals surface area (Å²) in [6, 6.07) is 0. The van der Waals surface area contributed by atoms with Gasteiger partial charge in [-0.3, -0.25) is 9.69 Å². The molecule has 0 aromatic heterocycles. The number of carbonyl (C=O) groups excluding carboxylic acids is 1. The Labute approximate surface area is 85.3 Å². The molecule has 2 N–H and O–H groups in total. The first kappa shape index (κ1) is 11.5. The third kappa shape index (κ3) is 5.19. The summed E-state index contributed by atoms with van der Waals surface area (Å²) in [5, 5.41) is 12.0. The van der Waals surface area contributed by atoms with E-state index >= 15 is 0 Å². The van der Waals surface area contributed by atoms with Gasteiger partial charge < -0.3 is 10.4 Å². The number of hydrogen-bond acceptors (Lipinski definition) is 3. The van der Waals surface area contributed by atoms with E-state index in [-0.39, 0.29) is 12.0 Å². The van der Waals surface area contributed by atoms with Crippen LogP contribution in [0.3, 0.4) is 0 Å². The Kier molecular flexibility index (Phi) is 4.35. The maximum absolute atomic E-state index is 11.3. The molecule has 0 aliphatic heterocycles. The normalized spacial score (nSPS) is 18.3. The Morgan fingerprint density at radius 2 is 2.29 bits per heavy atom. The molecular formula is C10H20N2O2. The predicted octanol–water partition coefficient (Wildman–Crippen LogP) is -0.175. The van der Waals surface area contributed by atoms with Crippen LogP contribution in [0.4, 0.5) is 0 Å². The van der Waals surface area contributed by atoms with Crippen LogP contribution in [0.15, 0.2) is 0 Å².